The fourth-order valence-corrected chi connectivity index (χ4v) is 6.92. The molecule has 1 aromatic carbocycles. The summed E-state index contributed by atoms with van der Waals surface area (Å²) in [6.45, 7) is 10.2. The number of carbonyl (C=O) groups excluding carboxylic acids is 2. The minimum Gasteiger partial charge on any atom is -0.300 e. The van der Waals surface area contributed by atoms with Gasteiger partial charge in [-0.2, -0.15) is 0 Å². The lowest BCUT2D eigenvalue weighted by atomic mass is 9.60. The van der Waals surface area contributed by atoms with Crippen LogP contribution in [0.2, 0.25) is 0 Å². The lowest BCUT2D eigenvalue weighted by molar-refractivity contribution is -1.20. The Bertz CT molecular complexity index is 811. The molecule has 26 heavy (non-hydrogen) atoms. The summed E-state index contributed by atoms with van der Waals surface area (Å²) in [4.78, 5) is 31.5. The van der Waals surface area contributed by atoms with Crippen LogP contribution in [0.1, 0.15) is 32.8 Å². The number of ketones is 1. The summed E-state index contributed by atoms with van der Waals surface area (Å²) >= 11 is 3.62. The molecular weight excluding hydrogens is 394 g/mol. The van der Waals surface area contributed by atoms with Gasteiger partial charge >= 0.3 is 11.6 Å². The van der Waals surface area contributed by atoms with E-state index in [4.69, 9.17) is 0 Å². The van der Waals surface area contributed by atoms with Gasteiger partial charge in [0.1, 0.15) is 42.6 Å². The van der Waals surface area contributed by atoms with Gasteiger partial charge in [-0.15, -0.1) is 0 Å². The SMILES string of the molecule is CCCN1C(=O)C2(c3cc(Br)ccc31)[NH+]1CC3(C)C[NH+]2CC(C)(C1)C3=O. The molecule has 0 radical (unpaired) electrons. The normalized spacial score (nSPS) is 42.8. The van der Waals surface area contributed by atoms with Crippen LogP contribution in [0.15, 0.2) is 22.7 Å². The Balaban J connectivity index is 1.72. The van der Waals surface area contributed by atoms with E-state index in [2.05, 4.69) is 48.8 Å². The van der Waals surface area contributed by atoms with E-state index in [9.17, 15) is 9.59 Å². The second-order valence-electron chi connectivity index (χ2n) is 9.23. The highest BCUT2D eigenvalue weighted by atomic mass is 79.9. The standard InChI is InChI=1S/C20H24BrN3O2/c1-4-7-24-15-6-5-13(21)8-14(15)20(17(24)26)22-9-18(2)10-23(20)12-19(3,11-22)16(18)25/h5-6,8H,4,7,9-12H2,1-3H3/p+2. The molecule has 5 aliphatic rings. The summed E-state index contributed by atoms with van der Waals surface area (Å²) in [5, 5.41) is 0. The smallest absolute Gasteiger partial charge is 0.300 e. The molecule has 1 aromatic rings. The lowest BCUT2D eigenvalue weighted by Gasteiger charge is -2.61. The van der Waals surface area contributed by atoms with Crippen LogP contribution < -0.4 is 14.7 Å². The summed E-state index contributed by atoms with van der Waals surface area (Å²) in [7, 11) is 0. The maximum Gasteiger partial charge on any atom is 0.353 e. The number of fused-ring (bicyclic) bond motifs is 1. The zero-order chi connectivity index (χ0) is 18.5. The lowest BCUT2D eigenvalue weighted by Crippen LogP contribution is -3.48. The predicted octanol–water partition coefficient (Wildman–Crippen LogP) is -0.249. The van der Waals surface area contributed by atoms with Crippen molar-refractivity contribution in [1.29, 1.82) is 0 Å². The van der Waals surface area contributed by atoms with E-state index in [1.807, 2.05) is 11.0 Å². The Morgan fingerprint density at radius 2 is 1.65 bits per heavy atom. The second-order valence-corrected chi connectivity index (χ2v) is 10.1. The molecule has 4 bridgehead atoms. The number of nitrogens with one attached hydrogen (secondary N) is 2. The fourth-order valence-electron chi connectivity index (χ4n) is 6.56. The topological polar surface area (TPSA) is 46.3 Å². The van der Waals surface area contributed by atoms with E-state index in [0.717, 1.165) is 54.9 Å². The molecule has 5 heterocycles. The van der Waals surface area contributed by atoms with Crippen LogP contribution in [-0.4, -0.2) is 44.4 Å². The van der Waals surface area contributed by atoms with Gasteiger partial charge in [0.05, 0.1) is 5.69 Å². The quantitative estimate of drug-likeness (QED) is 0.694. The Morgan fingerprint density at radius 3 is 2.19 bits per heavy atom. The van der Waals surface area contributed by atoms with Gasteiger partial charge in [-0.3, -0.25) is 19.4 Å². The predicted molar refractivity (Wildman–Crippen MR) is 101 cm³/mol. The van der Waals surface area contributed by atoms with E-state index in [1.165, 1.54) is 9.80 Å². The van der Waals surface area contributed by atoms with Crippen LogP contribution in [0, 0.1) is 10.8 Å². The molecule has 4 fully saturated rings. The molecule has 6 heteroatoms. The molecule has 138 valence electrons. The third kappa shape index (κ3) is 1.74. The number of anilines is 1. The van der Waals surface area contributed by atoms with Crippen molar-refractivity contribution >= 4 is 33.3 Å². The first-order valence-corrected chi connectivity index (χ1v) is 10.4. The third-order valence-electron chi connectivity index (χ3n) is 7.24. The van der Waals surface area contributed by atoms with Crippen molar-refractivity contribution in [3.05, 3.63) is 28.2 Å². The number of piperidine rings is 2. The average Bonchev–Trinajstić information content (AvgIpc) is 2.79. The van der Waals surface area contributed by atoms with Crippen LogP contribution in [0.3, 0.4) is 0 Å². The van der Waals surface area contributed by atoms with Crippen molar-refractivity contribution in [3.8, 4) is 0 Å². The number of rotatable bonds is 2. The van der Waals surface area contributed by atoms with Gasteiger partial charge in [0.25, 0.3) is 0 Å². The van der Waals surface area contributed by atoms with Crippen molar-refractivity contribution in [3.63, 3.8) is 0 Å². The van der Waals surface area contributed by atoms with Gasteiger partial charge in [0.2, 0.25) is 0 Å². The summed E-state index contributed by atoms with van der Waals surface area (Å²) in [5.41, 5.74) is 1.04. The number of halogens is 1. The van der Waals surface area contributed by atoms with Crippen LogP contribution in [0.5, 0.6) is 0 Å². The zero-order valence-corrected chi connectivity index (χ0v) is 17.2. The number of nitrogens with zero attached hydrogens (tertiary/aromatic N) is 1. The number of amides is 1. The first-order valence-electron chi connectivity index (χ1n) is 9.63. The first kappa shape index (κ1) is 16.9. The molecule has 0 atom stereocenters. The van der Waals surface area contributed by atoms with Gasteiger partial charge in [0, 0.05) is 11.0 Å². The monoisotopic (exact) mass is 419 g/mol. The number of carbonyl (C=O) groups is 2. The molecule has 5 nitrogen and oxygen atoms in total. The fraction of sp³-hybridized carbons (Fsp3) is 0.600. The average molecular weight is 420 g/mol. The number of Topliss-reactive ketones (excluding diaryl/α,β-unsaturated/α-hetero) is 1. The summed E-state index contributed by atoms with van der Waals surface area (Å²) in [6.07, 6.45) is 0.940. The highest BCUT2D eigenvalue weighted by Gasteiger charge is 2.79. The van der Waals surface area contributed by atoms with Crippen LogP contribution in [-0.2, 0) is 15.3 Å². The van der Waals surface area contributed by atoms with E-state index < -0.39 is 5.66 Å². The number of quaternary nitrogens is 2. The van der Waals surface area contributed by atoms with Crippen molar-refractivity contribution in [2.75, 3.05) is 37.6 Å². The molecule has 6 rings (SSSR count). The minimum absolute atomic E-state index is 0.232. The molecule has 0 unspecified atom stereocenters. The van der Waals surface area contributed by atoms with Crippen LogP contribution in [0.4, 0.5) is 5.69 Å². The van der Waals surface area contributed by atoms with Gasteiger partial charge in [-0.05, 0) is 38.5 Å². The highest BCUT2D eigenvalue weighted by Crippen LogP contribution is 2.44. The van der Waals surface area contributed by atoms with Gasteiger partial charge in [-0.25, -0.2) is 0 Å². The maximum atomic E-state index is 13.8. The number of hydrogen-bond donors (Lipinski definition) is 2. The van der Waals surface area contributed by atoms with Gasteiger partial charge < -0.3 is 4.90 Å². The van der Waals surface area contributed by atoms with Gasteiger partial charge in [-0.1, -0.05) is 22.9 Å². The van der Waals surface area contributed by atoms with Crippen molar-refractivity contribution < 1.29 is 19.4 Å². The van der Waals surface area contributed by atoms with E-state index in [0.29, 0.717) is 5.78 Å². The molecule has 0 aliphatic carbocycles. The molecule has 1 spiro atoms. The van der Waals surface area contributed by atoms with E-state index in [1.54, 1.807) is 0 Å². The number of hydrogen-bond acceptors (Lipinski definition) is 2. The molecule has 4 saturated heterocycles. The Labute approximate surface area is 162 Å². The summed E-state index contributed by atoms with van der Waals surface area (Å²) in [5.74, 6) is 0.647. The van der Waals surface area contributed by atoms with E-state index >= 15 is 0 Å². The largest absolute Gasteiger partial charge is 0.353 e. The molecule has 2 N–H and O–H groups in total. The van der Waals surface area contributed by atoms with Crippen LogP contribution >= 0.6 is 15.9 Å². The summed E-state index contributed by atoms with van der Waals surface area (Å²) in [6, 6.07) is 6.27. The Morgan fingerprint density at radius 1 is 1.08 bits per heavy atom. The van der Waals surface area contributed by atoms with Gasteiger partial charge in [0.15, 0.2) is 5.78 Å². The molecular formula is C20H26BrN3O2+2. The third-order valence-corrected chi connectivity index (χ3v) is 7.73. The number of benzene rings is 1. The first-order chi connectivity index (χ1) is 12.3. The van der Waals surface area contributed by atoms with E-state index in [-0.39, 0.29) is 16.7 Å². The molecule has 1 amide bonds. The summed E-state index contributed by atoms with van der Waals surface area (Å²) < 4.78 is 1.02. The Kier molecular flexibility index (Phi) is 3.23. The second kappa shape index (κ2) is 4.97. The molecule has 0 saturated carbocycles. The highest BCUT2D eigenvalue weighted by molar-refractivity contribution is 9.10. The van der Waals surface area contributed by atoms with Crippen molar-refractivity contribution in [2.24, 2.45) is 10.8 Å². The Hall–Kier alpha value is -1.24. The maximum absolute atomic E-state index is 13.8. The molecule has 5 aliphatic heterocycles. The zero-order valence-electron chi connectivity index (χ0n) is 15.6. The van der Waals surface area contributed by atoms with Crippen molar-refractivity contribution in [2.45, 2.75) is 32.9 Å². The van der Waals surface area contributed by atoms with Crippen LogP contribution in [0.25, 0.3) is 0 Å². The minimum atomic E-state index is -0.575. The van der Waals surface area contributed by atoms with Crippen molar-refractivity contribution in [1.82, 2.24) is 0 Å². The molecule has 0 aromatic heterocycles.